The number of rotatable bonds is 5. The van der Waals surface area contributed by atoms with Gasteiger partial charge in [0.15, 0.2) is 0 Å². The quantitative estimate of drug-likeness (QED) is 0.896. The fourth-order valence-electron chi connectivity index (χ4n) is 3.63. The first kappa shape index (κ1) is 17.4. The normalized spacial score (nSPS) is 23.1. The molecule has 2 saturated heterocycles. The fraction of sp³-hybridized carbons (Fsp3) is 0.632. The Morgan fingerprint density at radius 2 is 1.92 bits per heavy atom. The van der Waals surface area contributed by atoms with E-state index in [-0.39, 0.29) is 5.91 Å². The lowest BCUT2D eigenvalue weighted by atomic mass is 9.97. The molecule has 3 rings (SSSR count). The number of amides is 1. The number of anilines is 1. The number of aryl methyl sites for hydroxylation is 1. The molecule has 132 valence electrons. The van der Waals surface area contributed by atoms with Crippen LogP contribution in [0.3, 0.4) is 0 Å². The van der Waals surface area contributed by atoms with Gasteiger partial charge >= 0.3 is 0 Å². The highest BCUT2D eigenvalue weighted by atomic mass is 16.5. The van der Waals surface area contributed by atoms with Crippen LogP contribution < -0.4 is 5.32 Å². The van der Waals surface area contributed by atoms with Crippen LogP contribution in [0.25, 0.3) is 0 Å². The first-order valence-corrected chi connectivity index (χ1v) is 9.08. The summed E-state index contributed by atoms with van der Waals surface area (Å²) in [6, 6.07) is 7.97. The summed E-state index contributed by atoms with van der Waals surface area (Å²) in [7, 11) is 0. The number of ether oxygens (including phenoxy) is 1. The SMILES string of the molecule is Cc1ccc(NC(=O)CN2CCC[C@@H](CN3CCOCC3)C2)cc1. The van der Waals surface area contributed by atoms with Crippen LogP contribution in [-0.2, 0) is 9.53 Å². The largest absolute Gasteiger partial charge is 0.379 e. The van der Waals surface area contributed by atoms with Crippen molar-refractivity contribution in [2.75, 3.05) is 57.8 Å². The first-order chi connectivity index (χ1) is 11.7. The highest BCUT2D eigenvalue weighted by Gasteiger charge is 2.24. The number of likely N-dealkylation sites (tertiary alicyclic amines) is 1. The molecule has 24 heavy (non-hydrogen) atoms. The van der Waals surface area contributed by atoms with Gasteiger partial charge < -0.3 is 10.1 Å². The maximum absolute atomic E-state index is 12.3. The van der Waals surface area contributed by atoms with E-state index in [1.165, 1.54) is 18.4 Å². The van der Waals surface area contributed by atoms with Crippen molar-refractivity contribution in [3.8, 4) is 0 Å². The fourth-order valence-corrected chi connectivity index (χ4v) is 3.63. The van der Waals surface area contributed by atoms with E-state index < -0.39 is 0 Å². The van der Waals surface area contributed by atoms with E-state index in [4.69, 9.17) is 4.74 Å². The molecule has 1 atom stereocenters. The van der Waals surface area contributed by atoms with E-state index in [2.05, 4.69) is 15.1 Å². The number of morpholine rings is 1. The van der Waals surface area contributed by atoms with Gasteiger partial charge in [-0.1, -0.05) is 17.7 Å². The van der Waals surface area contributed by atoms with Crippen molar-refractivity contribution in [3.05, 3.63) is 29.8 Å². The van der Waals surface area contributed by atoms with Gasteiger partial charge in [-0.15, -0.1) is 0 Å². The maximum atomic E-state index is 12.3. The van der Waals surface area contributed by atoms with Gasteiger partial charge in [-0.3, -0.25) is 14.6 Å². The monoisotopic (exact) mass is 331 g/mol. The van der Waals surface area contributed by atoms with Gasteiger partial charge in [-0.25, -0.2) is 0 Å². The van der Waals surface area contributed by atoms with Crippen LogP contribution in [0.4, 0.5) is 5.69 Å². The molecule has 2 aliphatic heterocycles. The Balaban J connectivity index is 1.44. The predicted octanol–water partition coefficient (Wildman–Crippen LogP) is 1.98. The number of carbonyl (C=O) groups excluding carboxylic acids is 1. The number of hydrogen-bond acceptors (Lipinski definition) is 4. The summed E-state index contributed by atoms with van der Waals surface area (Å²) < 4.78 is 5.42. The summed E-state index contributed by atoms with van der Waals surface area (Å²) in [5, 5.41) is 3.01. The van der Waals surface area contributed by atoms with Crippen LogP contribution in [0.2, 0.25) is 0 Å². The van der Waals surface area contributed by atoms with Crippen LogP contribution in [-0.4, -0.2) is 68.2 Å². The molecule has 0 aromatic heterocycles. The third-order valence-corrected chi connectivity index (χ3v) is 4.93. The molecule has 2 aliphatic rings. The second kappa shape index (κ2) is 8.60. The minimum atomic E-state index is 0.0888. The molecule has 5 heteroatoms. The second-order valence-electron chi connectivity index (χ2n) is 7.07. The number of hydrogen-bond donors (Lipinski definition) is 1. The maximum Gasteiger partial charge on any atom is 0.238 e. The van der Waals surface area contributed by atoms with Crippen molar-refractivity contribution in [1.29, 1.82) is 0 Å². The number of piperidine rings is 1. The number of nitrogens with zero attached hydrogens (tertiary/aromatic N) is 2. The summed E-state index contributed by atoms with van der Waals surface area (Å²) >= 11 is 0. The van der Waals surface area contributed by atoms with Gasteiger partial charge in [0.25, 0.3) is 0 Å². The Bertz CT molecular complexity index is 526. The van der Waals surface area contributed by atoms with Crippen LogP contribution >= 0.6 is 0 Å². The zero-order chi connectivity index (χ0) is 16.8. The summed E-state index contributed by atoms with van der Waals surface area (Å²) in [5.74, 6) is 0.759. The Morgan fingerprint density at radius 3 is 2.67 bits per heavy atom. The lowest BCUT2D eigenvalue weighted by Crippen LogP contribution is -2.46. The van der Waals surface area contributed by atoms with E-state index >= 15 is 0 Å². The van der Waals surface area contributed by atoms with Crippen molar-refractivity contribution in [3.63, 3.8) is 0 Å². The molecule has 5 nitrogen and oxygen atoms in total. The molecular formula is C19H29N3O2. The van der Waals surface area contributed by atoms with Crippen LogP contribution in [0.15, 0.2) is 24.3 Å². The molecule has 0 bridgehead atoms. The van der Waals surface area contributed by atoms with Crippen molar-refractivity contribution in [1.82, 2.24) is 9.80 Å². The van der Waals surface area contributed by atoms with E-state index in [1.807, 2.05) is 31.2 Å². The topological polar surface area (TPSA) is 44.8 Å². The third-order valence-electron chi connectivity index (χ3n) is 4.93. The average Bonchev–Trinajstić information content (AvgIpc) is 2.58. The summed E-state index contributed by atoms with van der Waals surface area (Å²) in [4.78, 5) is 17.1. The van der Waals surface area contributed by atoms with Gasteiger partial charge in [0.2, 0.25) is 5.91 Å². The summed E-state index contributed by atoms with van der Waals surface area (Å²) in [5.41, 5.74) is 2.09. The highest BCUT2D eigenvalue weighted by Crippen LogP contribution is 2.18. The zero-order valence-corrected chi connectivity index (χ0v) is 14.7. The Morgan fingerprint density at radius 1 is 1.17 bits per heavy atom. The molecule has 0 saturated carbocycles. The molecule has 2 heterocycles. The standard InChI is InChI=1S/C19H29N3O2/c1-16-4-6-18(7-5-16)20-19(23)15-22-8-2-3-17(14-22)13-21-9-11-24-12-10-21/h4-7,17H,2-3,8-15H2,1H3,(H,20,23)/t17-/m0/s1. The smallest absolute Gasteiger partial charge is 0.238 e. The van der Waals surface area contributed by atoms with E-state index in [1.54, 1.807) is 0 Å². The van der Waals surface area contributed by atoms with Crippen LogP contribution in [0.1, 0.15) is 18.4 Å². The first-order valence-electron chi connectivity index (χ1n) is 9.08. The van der Waals surface area contributed by atoms with Gasteiger partial charge in [0.05, 0.1) is 19.8 Å². The van der Waals surface area contributed by atoms with Crippen molar-refractivity contribution >= 4 is 11.6 Å². The highest BCUT2D eigenvalue weighted by molar-refractivity contribution is 5.92. The Hall–Kier alpha value is -1.43. The van der Waals surface area contributed by atoms with E-state index in [9.17, 15) is 4.79 Å². The van der Waals surface area contributed by atoms with Gasteiger partial charge in [-0.05, 0) is 44.4 Å². The average molecular weight is 331 g/mol. The van der Waals surface area contributed by atoms with Gasteiger partial charge in [0.1, 0.15) is 0 Å². The number of benzene rings is 1. The third kappa shape index (κ3) is 5.30. The lowest BCUT2D eigenvalue weighted by Gasteiger charge is -2.36. The molecule has 1 aromatic rings. The minimum absolute atomic E-state index is 0.0888. The number of nitrogens with one attached hydrogen (secondary N) is 1. The molecule has 0 aliphatic carbocycles. The molecule has 0 radical (unpaired) electrons. The zero-order valence-electron chi connectivity index (χ0n) is 14.7. The van der Waals surface area contributed by atoms with E-state index in [0.717, 1.165) is 51.6 Å². The van der Waals surface area contributed by atoms with Gasteiger partial charge in [0, 0.05) is 31.9 Å². The molecule has 1 aromatic carbocycles. The summed E-state index contributed by atoms with van der Waals surface area (Å²) in [6.07, 6.45) is 2.46. The lowest BCUT2D eigenvalue weighted by molar-refractivity contribution is -0.117. The molecule has 2 fully saturated rings. The van der Waals surface area contributed by atoms with Gasteiger partial charge in [-0.2, -0.15) is 0 Å². The minimum Gasteiger partial charge on any atom is -0.379 e. The second-order valence-corrected chi connectivity index (χ2v) is 7.07. The Labute approximate surface area is 145 Å². The molecule has 1 N–H and O–H groups in total. The predicted molar refractivity (Wildman–Crippen MR) is 96.2 cm³/mol. The number of carbonyl (C=O) groups is 1. The van der Waals surface area contributed by atoms with E-state index in [0.29, 0.717) is 12.5 Å². The van der Waals surface area contributed by atoms with Crippen LogP contribution in [0.5, 0.6) is 0 Å². The molecular weight excluding hydrogens is 302 g/mol. The van der Waals surface area contributed by atoms with Crippen molar-refractivity contribution in [2.24, 2.45) is 5.92 Å². The Kier molecular flexibility index (Phi) is 6.24. The van der Waals surface area contributed by atoms with Crippen molar-refractivity contribution in [2.45, 2.75) is 19.8 Å². The van der Waals surface area contributed by atoms with Crippen LogP contribution in [0, 0.1) is 12.8 Å². The molecule has 0 spiro atoms. The summed E-state index contributed by atoms with van der Waals surface area (Å²) in [6.45, 7) is 9.54. The van der Waals surface area contributed by atoms with Crippen molar-refractivity contribution < 1.29 is 9.53 Å². The molecule has 1 amide bonds. The molecule has 0 unspecified atom stereocenters.